The molecule has 2 N–H and O–H groups in total. The second-order valence-electron chi connectivity index (χ2n) is 7.14. The predicted octanol–water partition coefficient (Wildman–Crippen LogP) is 3.91. The minimum Gasteiger partial charge on any atom is -0.317 e. The summed E-state index contributed by atoms with van der Waals surface area (Å²) in [6, 6.07) is 0.688. The summed E-state index contributed by atoms with van der Waals surface area (Å²) in [6.07, 6.45) is 8.26. The van der Waals surface area contributed by atoms with Gasteiger partial charge in [-0.2, -0.15) is 0 Å². The van der Waals surface area contributed by atoms with E-state index in [-0.39, 0.29) is 24.8 Å². The Labute approximate surface area is 156 Å². The third kappa shape index (κ3) is 5.27. The molecule has 1 spiro atoms. The van der Waals surface area contributed by atoms with Crippen molar-refractivity contribution in [1.82, 2.24) is 20.2 Å². The van der Waals surface area contributed by atoms with Crippen LogP contribution in [0.3, 0.4) is 0 Å². The topological polar surface area (TPSA) is 49.8 Å². The highest BCUT2D eigenvalue weighted by atomic mass is 35.5. The molecule has 0 amide bonds. The second-order valence-corrected chi connectivity index (χ2v) is 7.98. The van der Waals surface area contributed by atoms with Crippen molar-refractivity contribution in [3.05, 3.63) is 10.6 Å². The molecule has 1 aliphatic heterocycles. The maximum atomic E-state index is 4.27. The molecule has 1 saturated heterocycles. The predicted molar refractivity (Wildman–Crippen MR) is 102 cm³/mol. The van der Waals surface area contributed by atoms with Crippen LogP contribution in [0.1, 0.15) is 68.9 Å². The van der Waals surface area contributed by atoms with Crippen molar-refractivity contribution in [2.45, 2.75) is 70.9 Å². The van der Waals surface area contributed by atoms with Crippen LogP contribution in [0.2, 0.25) is 0 Å². The number of hydrogen-bond donors (Lipinski definition) is 2. The van der Waals surface area contributed by atoms with Gasteiger partial charge in [-0.1, -0.05) is 18.3 Å². The van der Waals surface area contributed by atoms with E-state index in [1.54, 1.807) is 11.5 Å². The molecule has 23 heavy (non-hydrogen) atoms. The zero-order valence-corrected chi connectivity index (χ0v) is 16.6. The van der Waals surface area contributed by atoms with Crippen LogP contribution in [-0.2, 0) is 6.54 Å². The molecule has 2 heterocycles. The number of nitrogens with one attached hydrogen (secondary N) is 2. The van der Waals surface area contributed by atoms with Gasteiger partial charge in [0, 0.05) is 12.6 Å². The number of aromatic nitrogens is 2. The third-order valence-electron chi connectivity index (χ3n) is 5.39. The Kier molecular flexibility index (Phi) is 8.73. The molecule has 0 atom stereocenters. The molecular weight excluding hydrogens is 351 g/mol. The zero-order valence-electron chi connectivity index (χ0n) is 14.1. The maximum absolute atomic E-state index is 4.27. The van der Waals surface area contributed by atoms with Gasteiger partial charge in [-0.05, 0) is 74.5 Å². The largest absolute Gasteiger partial charge is 0.317 e. The standard InChI is InChI=1S/C16H28N4S.2ClH/c1-12(2)15-14(21-20-19-15)11-18-13-3-5-16(6-4-13)7-9-17-10-8-16;;/h12-13,17-18H,3-11H2,1-2H3;2*1H. The average Bonchev–Trinajstić information content (AvgIpc) is 2.96. The highest BCUT2D eigenvalue weighted by Crippen LogP contribution is 2.43. The lowest BCUT2D eigenvalue weighted by Crippen LogP contribution is -2.43. The van der Waals surface area contributed by atoms with Gasteiger partial charge in [0.05, 0.1) is 10.6 Å². The highest BCUT2D eigenvalue weighted by Gasteiger charge is 2.35. The van der Waals surface area contributed by atoms with Gasteiger partial charge in [-0.15, -0.1) is 29.9 Å². The number of halogens is 2. The first-order chi connectivity index (χ1) is 10.2. The van der Waals surface area contributed by atoms with E-state index in [9.17, 15) is 0 Å². The number of nitrogens with zero attached hydrogens (tertiary/aromatic N) is 2. The van der Waals surface area contributed by atoms with Crippen molar-refractivity contribution >= 4 is 36.3 Å². The van der Waals surface area contributed by atoms with Crippen LogP contribution in [0.5, 0.6) is 0 Å². The van der Waals surface area contributed by atoms with Crippen molar-refractivity contribution in [3.63, 3.8) is 0 Å². The summed E-state index contributed by atoms with van der Waals surface area (Å²) in [4.78, 5) is 1.33. The summed E-state index contributed by atoms with van der Waals surface area (Å²) in [5.74, 6) is 0.477. The Morgan fingerprint density at radius 1 is 1.17 bits per heavy atom. The smallest absolute Gasteiger partial charge is 0.0826 e. The van der Waals surface area contributed by atoms with Gasteiger partial charge in [-0.25, -0.2) is 0 Å². The summed E-state index contributed by atoms with van der Waals surface area (Å²) in [6.45, 7) is 7.79. The number of hydrogen-bond acceptors (Lipinski definition) is 5. The van der Waals surface area contributed by atoms with Gasteiger partial charge in [0.25, 0.3) is 0 Å². The highest BCUT2D eigenvalue weighted by molar-refractivity contribution is 7.05. The first kappa shape index (κ1) is 21.1. The van der Waals surface area contributed by atoms with Gasteiger partial charge in [0.1, 0.15) is 0 Å². The molecule has 1 aromatic heterocycles. The van der Waals surface area contributed by atoms with E-state index in [0.29, 0.717) is 17.4 Å². The van der Waals surface area contributed by atoms with E-state index in [4.69, 9.17) is 0 Å². The van der Waals surface area contributed by atoms with Crippen LogP contribution < -0.4 is 10.6 Å². The van der Waals surface area contributed by atoms with Crippen LogP contribution in [0.4, 0.5) is 0 Å². The fourth-order valence-electron chi connectivity index (χ4n) is 3.90. The van der Waals surface area contributed by atoms with Crippen molar-refractivity contribution in [3.8, 4) is 0 Å². The van der Waals surface area contributed by atoms with E-state index < -0.39 is 0 Å². The van der Waals surface area contributed by atoms with Gasteiger partial charge in [0.2, 0.25) is 0 Å². The Morgan fingerprint density at radius 3 is 2.43 bits per heavy atom. The van der Waals surface area contributed by atoms with E-state index in [0.717, 1.165) is 6.54 Å². The molecule has 2 fully saturated rings. The number of piperidine rings is 1. The third-order valence-corrected chi connectivity index (χ3v) is 6.13. The fourth-order valence-corrected chi connectivity index (χ4v) is 4.65. The van der Waals surface area contributed by atoms with E-state index in [1.807, 2.05) is 0 Å². The van der Waals surface area contributed by atoms with Crippen molar-refractivity contribution in [2.75, 3.05) is 13.1 Å². The summed E-state index contributed by atoms with van der Waals surface area (Å²) in [5.41, 5.74) is 1.84. The average molecular weight is 381 g/mol. The van der Waals surface area contributed by atoms with Gasteiger partial charge >= 0.3 is 0 Å². The SMILES string of the molecule is CC(C)c1nnsc1CNC1CCC2(CCNCC2)CC1.Cl.Cl. The molecule has 134 valence electrons. The minimum absolute atomic E-state index is 0. The molecule has 7 heteroatoms. The van der Waals surface area contributed by atoms with Crippen LogP contribution in [-0.4, -0.2) is 28.7 Å². The molecular formula is C16H30Cl2N4S. The van der Waals surface area contributed by atoms with Crippen LogP contribution in [0, 0.1) is 5.41 Å². The Morgan fingerprint density at radius 2 is 1.83 bits per heavy atom. The minimum atomic E-state index is 0. The monoisotopic (exact) mass is 380 g/mol. The lowest BCUT2D eigenvalue weighted by molar-refractivity contribution is 0.115. The van der Waals surface area contributed by atoms with Gasteiger partial charge < -0.3 is 10.6 Å². The van der Waals surface area contributed by atoms with Crippen molar-refractivity contribution < 1.29 is 0 Å². The summed E-state index contributed by atoms with van der Waals surface area (Å²) in [5, 5.41) is 11.5. The van der Waals surface area contributed by atoms with Crippen molar-refractivity contribution in [2.24, 2.45) is 5.41 Å². The summed E-state index contributed by atoms with van der Waals surface area (Å²) < 4.78 is 4.12. The lowest BCUT2D eigenvalue weighted by Gasteiger charge is -2.43. The summed E-state index contributed by atoms with van der Waals surface area (Å²) >= 11 is 1.56. The van der Waals surface area contributed by atoms with E-state index in [1.165, 1.54) is 62.2 Å². The quantitative estimate of drug-likeness (QED) is 0.830. The molecule has 0 radical (unpaired) electrons. The molecule has 4 nitrogen and oxygen atoms in total. The van der Waals surface area contributed by atoms with E-state index >= 15 is 0 Å². The molecule has 3 rings (SSSR count). The van der Waals surface area contributed by atoms with Crippen LogP contribution in [0.25, 0.3) is 0 Å². The lowest BCUT2D eigenvalue weighted by atomic mass is 9.67. The summed E-state index contributed by atoms with van der Waals surface area (Å²) in [7, 11) is 0. The molecule has 0 unspecified atom stereocenters. The Hall–Kier alpha value is 0.0600. The van der Waals surface area contributed by atoms with Crippen molar-refractivity contribution in [1.29, 1.82) is 0 Å². The van der Waals surface area contributed by atoms with Gasteiger partial charge in [-0.3, -0.25) is 0 Å². The van der Waals surface area contributed by atoms with Crippen LogP contribution >= 0.6 is 36.3 Å². The molecule has 1 aliphatic carbocycles. The first-order valence-electron chi connectivity index (χ1n) is 8.44. The normalized spacial score (nSPS) is 21.0. The number of rotatable bonds is 4. The first-order valence-corrected chi connectivity index (χ1v) is 9.21. The molecule has 0 aromatic carbocycles. The molecule has 0 bridgehead atoms. The van der Waals surface area contributed by atoms with E-state index in [2.05, 4.69) is 34.1 Å². The fraction of sp³-hybridized carbons (Fsp3) is 0.875. The molecule has 2 aliphatic rings. The Balaban J connectivity index is 0.00000132. The molecule has 1 saturated carbocycles. The van der Waals surface area contributed by atoms with Crippen LogP contribution in [0.15, 0.2) is 0 Å². The molecule has 1 aromatic rings. The zero-order chi connectivity index (χ0) is 14.7. The Bertz CT molecular complexity index is 451. The maximum Gasteiger partial charge on any atom is 0.0826 e. The van der Waals surface area contributed by atoms with Gasteiger partial charge in [0.15, 0.2) is 0 Å². The second kappa shape index (κ2) is 9.52.